The van der Waals surface area contributed by atoms with E-state index in [2.05, 4.69) is 20.4 Å². The van der Waals surface area contributed by atoms with Crippen molar-refractivity contribution in [2.75, 3.05) is 6.54 Å². The monoisotopic (exact) mass is 403 g/mol. The van der Waals surface area contributed by atoms with E-state index in [9.17, 15) is 23.1 Å². The smallest absolute Gasteiger partial charge is 0.374 e. The van der Waals surface area contributed by atoms with Crippen molar-refractivity contribution < 1.29 is 27.6 Å². The summed E-state index contributed by atoms with van der Waals surface area (Å²) < 4.78 is 46.3. The van der Waals surface area contributed by atoms with Gasteiger partial charge in [0.1, 0.15) is 5.82 Å². The van der Waals surface area contributed by atoms with E-state index < -0.39 is 29.9 Å². The fourth-order valence-corrected chi connectivity index (χ4v) is 2.73. The largest absolute Gasteiger partial charge is 0.424 e. The second-order valence-electron chi connectivity index (χ2n) is 6.53. The average Bonchev–Trinajstić information content (AvgIpc) is 3.23. The van der Waals surface area contributed by atoms with Crippen LogP contribution < -0.4 is 5.32 Å². The molecule has 2 heterocycles. The topological polar surface area (TPSA) is 106 Å². The van der Waals surface area contributed by atoms with Gasteiger partial charge >= 0.3 is 6.18 Å². The molecular weight excluding hydrogens is 379 g/mol. The molecule has 0 aliphatic carbocycles. The molecule has 0 radical (unpaired) electrons. The van der Waals surface area contributed by atoms with Crippen molar-refractivity contribution in [3.05, 3.63) is 29.9 Å². The molecule has 11 heteroatoms. The summed E-state index contributed by atoms with van der Waals surface area (Å²) in [5.41, 5.74) is -3.14. The third-order valence-corrected chi connectivity index (χ3v) is 4.25. The average molecular weight is 403 g/mol. The summed E-state index contributed by atoms with van der Waals surface area (Å²) in [6.07, 6.45) is -0.652. The van der Waals surface area contributed by atoms with Crippen molar-refractivity contribution in [2.24, 2.45) is 7.05 Å². The summed E-state index contributed by atoms with van der Waals surface area (Å²) in [5, 5.41) is 16.4. The lowest BCUT2D eigenvalue weighted by Gasteiger charge is -2.29. The summed E-state index contributed by atoms with van der Waals surface area (Å²) >= 11 is 0. The predicted octanol–water partition coefficient (Wildman–Crippen LogP) is 2.03. The van der Waals surface area contributed by atoms with Crippen molar-refractivity contribution in [3.8, 4) is 0 Å². The molecule has 0 saturated heterocycles. The van der Waals surface area contributed by atoms with E-state index in [1.165, 1.54) is 19.4 Å². The molecule has 2 rings (SSSR count). The second kappa shape index (κ2) is 9.18. The molecule has 0 saturated carbocycles. The summed E-state index contributed by atoms with van der Waals surface area (Å²) in [7, 11) is 1.36. The Bertz CT molecular complexity index is 774. The van der Waals surface area contributed by atoms with E-state index in [0.29, 0.717) is 31.0 Å². The molecule has 1 amide bonds. The van der Waals surface area contributed by atoms with E-state index >= 15 is 0 Å². The number of amides is 1. The highest BCUT2D eigenvalue weighted by atomic mass is 19.4. The highest BCUT2D eigenvalue weighted by molar-refractivity contribution is 5.75. The van der Waals surface area contributed by atoms with E-state index in [1.807, 2.05) is 6.92 Å². The second-order valence-corrected chi connectivity index (χ2v) is 6.53. The molecule has 0 spiro atoms. The van der Waals surface area contributed by atoms with Gasteiger partial charge in [-0.15, -0.1) is 0 Å². The van der Waals surface area contributed by atoms with Gasteiger partial charge in [-0.3, -0.25) is 4.79 Å². The first-order valence-electron chi connectivity index (χ1n) is 9.02. The van der Waals surface area contributed by atoms with Gasteiger partial charge in [-0.2, -0.15) is 18.2 Å². The van der Waals surface area contributed by atoms with Crippen LogP contribution in [0, 0.1) is 0 Å². The van der Waals surface area contributed by atoms with Gasteiger partial charge in [0, 0.05) is 51.7 Å². The fourth-order valence-electron chi connectivity index (χ4n) is 2.73. The van der Waals surface area contributed by atoms with E-state index in [4.69, 9.17) is 4.52 Å². The molecule has 0 aliphatic rings. The predicted molar refractivity (Wildman–Crippen MR) is 92.0 cm³/mol. The lowest BCUT2D eigenvalue weighted by atomic mass is 9.97. The Hall–Kier alpha value is -2.43. The number of carbonyl (C=O) groups is 1. The van der Waals surface area contributed by atoms with Crippen molar-refractivity contribution in [3.63, 3.8) is 0 Å². The number of alkyl halides is 3. The van der Waals surface area contributed by atoms with Crippen LogP contribution in [0.4, 0.5) is 13.2 Å². The molecule has 2 aromatic rings. The highest BCUT2D eigenvalue weighted by Crippen LogP contribution is 2.40. The van der Waals surface area contributed by atoms with Crippen molar-refractivity contribution in [1.29, 1.82) is 0 Å². The molecule has 0 bridgehead atoms. The minimum Gasteiger partial charge on any atom is -0.374 e. The number of aromatic nitrogens is 4. The van der Waals surface area contributed by atoms with Crippen LogP contribution in [-0.2, 0) is 30.3 Å². The summed E-state index contributed by atoms with van der Waals surface area (Å²) in [6.45, 7) is 1.65. The molecule has 2 N–H and O–H groups in total. The Morgan fingerprint density at radius 3 is 2.71 bits per heavy atom. The van der Waals surface area contributed by atoms with Gasteiger partial charge < -0.3 is 19.5 Å². The molecule has 28 heavy (non-hydrogen) atoms. The highest BCUT2D eigenvalue weighted by Gasteiger charge is 2.57. The summed E-state index contributed by atoms with van der Waals surface area (Å²) in [6, 6.07) is 0. The molecule has 0 aliphatic heterocycles. The number of nitrogens with one attached hydrogen (secondary N) is 1. The zero-order valence-electron chi connectivity index (χ0n) is 15.8. The Balaban J connectivity index is 1.80. The Kier molecular flexibility index (Phi) is 7.17. The van der Waals surface area contributed by atoms with Gasteiger partial charge in [-0.1, -0.05) is 12.1 Å². The van der Waals surface area contributed by atoms with Crippen LogP contribution in [0.15, 0.2) is 16.9 Å². The van der Waals surface area contributed by atoms with Crippen molar-refractivity contribution in [1.82, 2.24) is 25.0 Å². The molecule has 0 fully saturated rings. The first-order chi connectivity index (χ1) is 13.2. The van der Waals surface area contributed by atoms with E-state index in [-0.39, 0.29) is 13.0 Å². The van der Waals surface area contributed by atoms with Crippen LogP contribution >= 0.6 is 0 Å². The lowest BCUT2D eigenvalue weighted by Crippen LogP contribution is -2.46. The number of hydrogen-bond acceptors (Lipinski definition) is 6. The number of rotatable bonds is 10. The number of imidazole rings is 1. The normalized spacial score (nSPS) is 14.1. The number of hydrogen-bond donors (Lipinski definition) is 2. The maximum Gasteiger partial charge on any atom is 0.424 e. The Morgan fingerprint density at radius 2 is 2.11 bits per heavy atom. The van der Waals surface area contributed by atoms with Crippen molar-refractivity contribution >= 4 is 5.91 Å². The van der Waals surface area contributed by atoms with Crippen LogP contribution in [-0.4, -0.2) is 43.4 Å². The molecule has 2 aromatic heterocycles. The Labute approximate surface area is 160 Å². The first-order valence-corrected chi connectivity index (χ1v) is 9.02. The molecule has 156 valence electrons. The third-order valence-electron chi connectivity index (χ3n) is 4.25. The third kappa shape index (κ3) is 5.31. The number of nitrogens with zero attached hydrogens (tertiary/aromatic N) is 4. The minimum absolute atomic E-state index is 0.0956. The minimum atomic E-state index is -4.93. The van der Waals surface area contributed by atoms with Crippen LogP contribution in [0.3, 0.4) is 0 Å². The summed E-state index contributed by atoms with van der Waals surface area (Å²) in [5.74, 6) is 0.103. The number of aryl methyl sites for hydroxylation is 3. The standard InChI is InChI=1S/C17H24F3N5O3/c1-3-5-12-23-14(28-24-12)7-4-6-13(26)21-9-8-16(27,17(18,19)20)15-22-10-11-25(15)2/h10-11,27H,3-9H2,1-2H3,(H,21,26). The van der Waals surface area contributed by atoms with E-state index in [0.717, 1.165) is 11.0 Å². The molecule has 8 nitrogen and oxygen atoms in total. The molecule has 1 atom stereocenters. The van der Waals surface area contributed by atoms with Gasteiger partial charge in [-0.05, 0) is 12.8 Å². The van der Waals surface area contributed by atoms with E-state index in [1.54, 1.807) is 0 Å². The van der Waals surface area contributed by atoms with Crippen LogP contribution in [0.2, 0.25) is 0 Å². The van der Waals surface area contributed by atoms with Gasteiger partial charge in [0.15, 0.2) is 5.82 Å². The maximum atomic E-state index is 13.4. The fraction of sp³-hybridized carbons (Fsp3) is 0.647. The number of aliphatic hydroxyl groups is 1. The van der Waals surface area contributed by atoms with Crippen molar-refractivity contribution in [2.45, 2.75) is 57.2 Å². The van der Waals surface area contributed by atoms with Gasteiger partial charge in [0.2, 0.25) is 17.4 Å². The molecule has 1 unspecified atom stereocenters. The molecule has 0 aromatic carbocycles. The lowest BCUT2D eigenvalue weighted by molar-refractivity contribution is -0.272. The van der Waals surface area contributed by atoms with Crippen LogP contribution in [0.1, 0.15) is 50.1 Å². The van der Waals surface area contributed by atoms with Gasteiger partial charge in [-0.25, -0.2) is 4.98 Å². The Morgan fingerprint density at radius 1 is 1.36 bits per heavy atom. The quantitative estimate of drug-likeness (QED) is 0.629. The maximum absolute atomic E-state index is 13.4. The zero-order chi connectivity index (χ0) is 20.8. The number of halogens is 3. The molecular formula is C17H24F3N5O3. The van der Waals surface area contributed by atoms with Gasteiger partial charge in [0.05, 0.1) is 0 Å². The summed E-state index contributed by atoms with van der Waals surface area (Å²) in [4.78, 5) is 19.7. The number of carbonyl (C=O) groups excluding carboxylic acids is 1. The van der Waals surface area contributed by atoms with Crippen LogP contribution in [0.5, 0.6) is 0 Å². The van der Waals surface area contributed by atoms with Crippen LogP contribution in [0.25, 0.3) is 0 Å². The zero-order valence-corrected chi connectivity index (χ0v) is 15.8. The SMILES string of the molecule is CCCc1noc(CCCC(=O)NCCC(O)(c2nccn2C)C(F)(F)F)n1. The first kappa shape index (κ1) is 21.9. The van der Waals surface area contributed by atoms with Gasteiger partial charge in [0.25, 0.3) is 0 Å².